The number of halogens is 4. The SMILES string of the molecule is C[C@H](NC(=O)[C@@H]1C[C@@H](F)CN1C(=O)CNC(=O)c1ccc2cc(F)ccc2n1)c1c(/C=C/C2CC2)ccc(NC(=O)[C@H]2CCCN2)c1F.Cl. The van der Waals surface area contributed by atoms with Crippen LogP contribution in [0, 0.1) is 17.6 Å². The molecule has 10 nitrogen and oxygen atoms in total. The Hall–Kier alpha value is -4.49. The van der Waals surface area contributed by atoms with E-state index in [-0.39, 0.29) is 48.2 Å². The van der Waals surface area contributed by atoms with Crippen molar-refractivity contribution in [3.63, 3.8) is 0 Å². The number of aromatic nitrogens is 1. The molecule has 1 saturated carbocycles. The lowest BCUT2D eigenvalue weighted by Gasteiger charge is -2.26. The molecule has 3 aliphatic rings. The van der Waals surface area contributed by atoms with Crippen molar-refractivity contribution in [1.29, 1.82) is 0 Å². The van der Waals surface area contributed by atoms with Gasteiger partial charge in [0.2, 0.25) is 17.7 Å². The van der Waals surface area contributed by atoms with Gasteiger partial charge in [-0.3, -0.25) is 19.2 Å². The number of alkyl halides is 1. The van der Waals surface area contributed by atoms with Crippen LogP contribution in [0.3, 0.4) is 0 Å². The fraction of sp³-hybridized carbons (Fsp3) is 0.400. The number of nitrogens with one attached hydrogen (secondary N) is 4. The maximum Gasteiger partial charge on any atom is 0.270 e. The largest absolute Gasteiger partial charge is 0.348 e. The molecular formula is C35H38ClF3N6O4. The number of anilines is 1. The molecule has 3 fully saturated rings. The summed E-state index contributed by atoms with van der Waals surface area (Å²) in [5, 5.41) is 11.5. The summed E-state index contributed by atoms with van der Waals surface area (Å²) in [6.45, 7) is 1.43. The number of rotatable bonds is 10. The molecule has 4 amide bonds. The normalized spacial score (nSPS) is 21.0. The van der Waals surface area contributed by atoms with Crippen LogP contribution in [0.1, 0.15) is 66.7 Å². The van der Waals surface area contributed by atoms with Crippen LogP contribution in [-0.2, 0) is 14.4 Å². The zero-order chi connectivity index (χ0) is 33.9. The van der Waals surface area contributed by atoms with E-state index in [9.17, 15) is 28.0 Å². The van der Waals surface area contributed by atoms with Crippen LogP contribution in [0.25, 0.3) is 17.0 Å². The molecule has 49 heavy (non-hydrogen) atoms. The predicted octanol–water partition coefficient (Wildman–Crippen LogP) is 4.59. The fourth-order valence-electron chi connectivity index (χ4n) is 6.21. The number of carbonyl (C=O) groups excluding carboxylic acids is 4. The highest BCUT2D eigenvalue weighted by Gasteiger charge is 2.40. The zero-order valence-electron chi connectivity index (χ0n) is 26.8. The van der Waals surface area contributed by atoms with Gasteiger partial charge >= 0.3 is 0 Å². The first-order valence-electron chi connectivity index (χ1n) is 16.2. The van der Waals surface area contributed by atoms with E-state index in [4.69, 9.17) is 0 Å². The van der Waals surface area contributed by atoms with E-state index in [1.54, 1.807) is 19.1 Å². The van der Waals surface area contributed by atoms with Gasteiger partial charge in [-0.1, -0.05) is 24.3 Å². The highest BCUT2D eigenvalue weighted by atomic mass is 35.5. The van der Waals surface area contributed by atoms with E-state index in [0.29, 0.717) is 35.3 Å². The second-order valence-corrected chi connectivity index (χ2v) is 12.6. The number of fused-ring (bicyclic) bond motifs is 1. The number of nitrogens with zero attached hydrogens (tertiary/aromatic N) is 2. The summed E-state index contributed by atoms with van der Waals surface area (Å²) in [5.74, 6) is -3.09. The van der Waals surface area contributed by atoms with Crippen LogP contribution in [0.15, 0.2) is 48.5 Å². The maximum absolute atomic E-state index is 16.1. The average molecular weight is 699 g/mol. The molecule has 4 atom stereocenters. The number of hydrogen-bond donors (Lipinski definition) is 4. The third-order valence-corrected chi connectivity index (χ3v) is 8.97. The van der Waals surface area contributed by atoms with Gasteiger partial charge in [0.05, 0.1) is 36.4 Å². The van der Waals surface area contributed by atoms with Crippen molar-refractivity contribution in [2.75, 3.05) is 25.0 Å². The lowest BCUT2D eigenvalue weighted by atomic mass is 9.98. The molecule has 1 aromatic heterocycles. The molecular weight excluding hydrogens is 661 g/mol. The summed E-state index contributed by atoms with van der Waals surface area (Å²) in [4.78, 5) is 57.4. The van der Waals surface area contributed by atoms with Crippen LogP contribution >= 0.6 is 12.4 Å². The number of allylic oxidation sites excluding steroid dienone is 1. The minimum atomic E-state index is -1.48. The Balaban J connectivity index is 0.00000468. The summed E-state index contributed by atoms with van der Waals surface area (Å²) in [6.07, 6.45) is 5.62. The van der Waals surface area contributed by atoms with E-state index in [2.05, 4.69) is 26.3 Å². The monoisotopic (exact) mass is 698 g/mol. The summed E-state index contributed by atoms with van der Waals surface area (Å²) in [5.41, 5.74) is 1.06. The molecule has 14 heteroatoms. The van der Waals surface area contributed by atoms with Gasteiger partial charge < -0.3 is 26.2 Å². The van der Waals surface area contributed by atoms with E-state index in [1.807, 2.05) is 6.08 Å². The standard InChI is InChI=1S/C35H37F3N6O4.ClH/c1-19(31-21(7-6-20-4-5-20)8-11-26(32(31)38)43-34(47)27-3-2-14-39-27)41-35(48)29-16-24(37)18-44(29)30(45)17-40-33(46)28-12-9-22-15-23(36)10-13-25(22)42-28;/h6-13,15,19-20,24,27,29,39H,2-5,14,16-18H2,1H3,(H,40,46)(H,41,48)(H,43,47);1H/b7-6+;/t19-,24+,27+,29-;/m0./s1. The van der Waals surface area contributed by atoms with Crippen molar-refractivity contribution in [1.82, 2.24) is 25.8 Å². The lowest BCUT2D eigenvalue weighted by Crippen LogP contribution is -2.49. The van der Waals surface area contributed by atoms with Crippen molar-refractivity contribution in [2.24, 2.45) is 5.92 Å². The maximum atomic E-state index is 16.1. The second-order valence-electron chi connectivity index (χ2n) is 12.6. The first-order valence-corrected chi connectivity index (χ1v) is 16.2. The molecule has 2 saturated heterocycles. The minimum Gasteiger partial charge on any atom is -0.348 e. The molecule has 4 N–H and O–H groups in total. The third-order valence-electron chi connectivity index (χ3n) is 8.97. The van der Waals surface area contributed by atoms with Gasteiger partial charge in [0.25, 0.3) is 5.91 Å². The van der Waals surface area contributed by atoms with Crippen molar-refractivity contribution >= 4 is 58.7 Å². The topological polar surface area (TPSA) is 133 Å². The van der Waals surface area contributed by atoms with Crippen molar-refractivity contribution in [3.8, 4) is 0 Å². The van der Waals surface area contributed by atoms with Gasteiger partial charge in [-0.15, -0.1) is 12.4 Å². The number of hydrogen-bond acceptors (Lipinski definition) is 6. The Morgan fingerprint density at radius 3 is 2.59 bits per heavy atom. The van der Waals surface area contributed by atoms with E-state index >= 15 is 4.39 Å². The first kappa shape index (κ1) is 35.8. The van der Waals surface area contributed by atoms with Crippen molar-refractivity contribution in [2.45, 2.75) is 63.3 Å². The van der Waals surface area contributed by atoms with Crippen LogP contribution in [0.2, 0.25) is 0 Å². The molecule has 2 aromatic carbocycles. The van der Waals surface area contributed by atoms with E-state index in [0.717, 1.165) is 24.2 Å². The Morgan fingerprint density at radius 1 is 1.06 bits per heavy atom. The highest BCUT2D eigenvalue weighted by Crippen LogP contribution is 2.34. The Bertz CT molecular complexity index is 1780. The quantitative estimate of drug-likeness (QED) is 0.245. The summed E-state index contributed by atoms with van der Waals surface area (Å²) in [6, 6.07) is 7.54. The molecule has 0 unspecified atom stereocenters. The number of pyridine rings is 1. The minimum absolute atomic E-state index is 0. The molecule has 6 rings (SSSR count). The average Bonchev–Trinajstić information content (AvgIpc) is 3.55. The number of carbonyl (C=O) groups is 4. The van der Waals surface area contributed by atoms with Gasteiger partial charge in [0.15, 0.2) is 5.82 Å². The molecule has 0 spiro atoms. The Labute approximate surface area is 287 Å². The zero-order valence-corrected chi connectivity index (χ0v) is 27.6. The van der Waals surface area contributed by atoms with Gasteiger partial charge in [0, 0.05) is 17.4 Å². The molecule has 3 heterocycles. The van der Waals surface area contributed by atoms with Crippen molar-refractivity contribution < 1.29 is 32.3 Å². The smallest absolute Gasteiger partial charge is 0.270 e. The molecule has 260 valence electrons. The summed E-state index contributed by atoms with van der Waals surface area (Å²) < 4.78 is 44.2. The molecule has 1 aliphatic carbocycles. The van der Waals surface area contributed by atoms with Crippen molar-refractivity contribution in [3.05, 3.63) is 77.0 Å². The van der Waals surface area contributed by atoms with Crippen LogP contribution < -0.4 is 21.3 Å². The molecule has 3 aromatic rings. The highest BCUT2D eigenvalue weighted by molar-refractivity contribution is 5.98. The molecule has 0 bridgehead atoms. The van der Waals surface area contributed by atoms with Gasteiger partial charge in [-0.05, 0) is 81.0 Å². The number of benzene rings is 2. The number of amides is 4. The molecule has 0 radical (unpaired) electrons. The predicted molar refractivity (Wildman–Crippen MR) is 181 cm³/mol. The van der Waals surface area contributed by atoms with E-state index < -0.39 is 60.2 Å². The van der Waals surface area contributed by atoms with Gasteiger partial charge in [-0.25, -0.2) is 18.2 Å². The number of likely N-dealkylation sites (tertiary alicyclic amines) is 1. The van der Waals surface area contributed by atoms with Gasteiger partial charge in [0.1, 0.15) is 23.7 Å². The van der Waals surface area contributed by atoms with Crippen LogP contribution in [0.4, 0.5) is 18.9 Å². The fourth-order valence-corrected chi connectivity index (χ4v) is 6.21. The summed E-state index contributed by atoms with van der Waals surface area (Å²) in [7, 11) is 0. The summed E-state index contributed by atoms with van der Waals surface area (Å²) >= 11 is 0. The Kier molecular flexibility index (Phi) is 11.2. The molecule has 2 aliphatic heterocycles. The van der Waals surface area contributed by atoms with Crippen LogP contribution in [-0.4, -0.2) is 71.4 Å². The van der Waals surface area contributed by atoms with Gasteiger partial charge in [-0.2, -0.15) is 0 Å². The first-order chi connectivity index (χ1) is 23.1. The Morgan fingerprint density at radius 2 is 1.86 bits per heavy atom. The van der Waals surface area contributed by atoms with Crippen LogP contribution in [0.5, 0.6) is 0 Å². The third kappa shape index (κ3) is 8.39. The lowest BCUT2D eigenvalue weighted by molar-refractivity contribution is -0.138. The second kappa shape index (κ2) is 15.4. The van der Waals surface area contributed by atoms with E-state index in [1.165, 1.54) is 36.4 Å².